The van der Waals surface area contributed by atoms with E-state index in [2.05, 4.69) is 9.97 Å². The van der Waals surface area contributed by atoms with Gasteiger partial charge in [0, 0.05) is 11.8 Å². The Morgan fingerprint density at radius 3 is 2.12 bits per heavy atom. The third-order valence-corrected chi connectivity index (χ3v) is 4.59. The summed E-state index contributed by atoms with van der Waals surface area (Å²) in [5.74, 6) is -0.583. The molecule has 5 nitrogen and oxygen atoms in total. The van der Waals surface area contributed by atoms with E-state index in [9.17, 15) is 9.59 Å². The summed E-state index contributed by atoms with van der Waals surface area (Å²) in [6.45, 7) is 0. The quantitative estimate of drug-likeness (QED) is 0.411. The molecule has 122 valence electrons. The van der Waals surface area contributed by atoms with Gasteiger partial charge in [0.25, 0.3) is 11.8 Å². The van der Waals surface area contributed by atoms with E-state index in [1.165, 1.54) is 16.7 Å². The number of rotatable bonds is 3. The highest BCUT2D eigenvalue weighted by Gasteiger charge is 2.36. The molecule has 25 heavy (non-hydrogen) atoms. The maximum absolute atomic E-state index is 12.5. The molecule has 2 heterocycles. The Morgan fingerprint density at radius 1 is 0.880 bits per heavy atom. The lowest BCUT2D eigenvalue weighted by Crippen LogP contribution is -2.29. The van der Waals surface area contributed by atoms with Gasteiger partial charge in [-0.1, -0.05) is 36.0 Å². The fourth-order valence-corrected chi connectivity index (χ4v) is 3.16. The third-order valence-electron chi connectivity index (χ3n) is 4.03. The molecule has 0 spiro atoms. The molecule has 2 amide bonds. The standard InChI is InChI=1S/C19H13N3O2S/c1-25-19-20-11-10-16(21-19)12-6-8-13(9-7-12)22-17(23)14-4-2-3-5-15(14)18(22)24/h2-11H,1H3. The van der Waals surface area contributed by atoms with Crippen molar-refractivity contribution < 1.29 is 9.59 Å². The molecule has 2 aromatic carbocycles. The minimum absolute atomic E-state index is 0.292. The number of thioether (sulfide) groups is 1. The maximum atomic E-state index is 12.5. The van der Waals surface area contributed by atoms with Crippen molar-refractivity contribution in [2.45, 2.75) is 5.16 Å². The zero-order valence-corrected chi connectivity index (χ0v) is 14.2. The average molecular weight is 347 g/mol. The Labute approximate surface area is 148 Å². The highest BCUT2D eigenvalue weighted by atomic mass is 32.2. The minimum Gasteiger partial charge on any atom is -0.268 e. The lowest BCUT2D eigenvalue weighted by atomic mass is 10.1. The van der Waals surface area contributed by atoms with Gasteiger partial charge in [0.05, 0.1) is 22.5 Å². The van der Waals surface area contributed by atoms with Crippen molar-refractivity contribution in [2.24, 2.45) is 0 Å². The number of nitrogens with zero attached hydrogens (tertiary/aromatic N) is 3. The summed E-state index contributed by atoms with van der Waals surface area (Å²) in [7, 11) is 0. The zero-order chi connectivity index (χ0) is 17.4. The van der Waals surface area contributed by atoms with Gasteiger partial charge in [-0.2, -0.15) is 0 Å². The number of amides is 2. The molecular formula is C19H13N3O2S. The van der Waals surface area contributed by atoms with E-state index in [0.29, 0.717) is 22.0 Å². The largest absolute Gasteiger partial charge is 0.268 e. The van der Waals surface area contributed by atoms with Crippen molar-refractivity contribution >= 4 is 29.3 Å². The number of carbonyl (C=O) groups is 2. The molecule has 0 atom stereocenters. The van der Waals surface area contributed by atoms with Gasteiger partial charge >= 0.3 is 0 Å². The minimum atomic E-state index is -0.292. The van der Waals surface area contributed by atoms with E-state index in [-0.39, 0.29) is 11.8 Å². The number of fused-ring (bicyclic) bond motifs is 1. The monoisotopic (exact) mass is 347 g/mol. The van der Waals surface area contributed by atoms with Crippen LogP contribution in [0.25, 0.3) is 11.3 Å². The summed E-state index contributed by atoms with van der Waals surface area (Å²) in [4.78, 5) is 34.9. The van der Waals surface area contributed by atoms with Crippen LogP contribution in [0.2, 0.25) is 0 Å². The Balaban J connectivity index is 1.67. The van der Waals surface area contributed by atoms with Crippen LogP contribution in [0.4, 0.5) is 5.69 Å². The van der Waals surface area contributed by atoms with Crippen molar-refractivity contribution in [1.29, 1.82) is 0 Å². The molecule has 3 aromatic rings. The van der Waals surface area contributed by atoms with Gasteiger partial charge in [0.1, 0.15) is 0 Å². The third kappa shape index (κ3) is 2.60. The van der Waals surface area contributed by atoms with E-state index >= 15 is 0 Å². The fraction of sp³-hybridized carbons (Fsp3) is 0.0526. The average Bonchev–Trinajstić information content (AvgIpc) is 2.93. The molecule has 0 unspecified atom stereocenters. The molecule has 1 aliphatic rings. The molecular weight excluding hydrogens is 334 g/mol. The topological polar surface area (TPSA) is 63.2 Å². The second kappa shape index (κ2) is 6.14. The Bertz CT molecular complexity index is 951. The molecule has 6 heteroatoms. The summed E-state index contributed by atoms with van der Waals surface area (Å²) >= 11 is 1.47. The predicted molar refractivity (Wildman–Crippen MR) is 96.8 cm³/mol. The zero-order valence-electron chi connectivity index (χ0n) is 13.3. The van der Waals surface area contributed by atoms with Gasteiger partial charge in [0.2, 0.25) is 0 Å². The number of hydrogen-bond donors (Lipinski definition) is 0. The van der Waals surface area contributed by atoms with E-state index in [0.717, 1.165) is 11.3 Å². The first-order chi connectivity index (χ1) is 12.2. The fourth-order valence-electron chi connectivity index (χ4n) is 2.80. The molecule has 0 bridgehead atoms. The van der Waals surface area contributed by atoms with Crippen molar-refractivity contribution in [3.63, 3.8) is 0 Å². The second-order valence-corrected chi connectivity index (χ2v) is 6.24. The van der Waals surface area contributed by atoms with Crippen molar-refractivity contribution in [1.82, 2.24) is 9.97 Å². The SMILES string of the molecule is CSc1nccc(-c2ccc(N3C(=O)c4ccccc4C3=O)cc2)n1. The van der Waals surface area contributed by atoms with E-state index in [4.69, 9.17) is 0 Å². The van der Waals surface area contributed by atoms with E-state index < -0.39 is 0 Å². The number of aromatic nitrogens is 2. The van der Waals surface area contributed by atoms with Crippen LogP contribution >= 0.6 is 11.8 Å². The van der Waals surface area contributed by atoms with Gasteiger partial charge in [-0.05, 0) is 36.6 Å². The highest BCUT2D eigenvalue weighted by Crippen LogP contribution is 2.29. The number of anilines is 1. The molecule has 1 aliphatic heterocycles. The summed E-state index contributed by atoms with van der Waals surface area (Å²) in [5.41, 5.74) is 3.13. The molecule has 0 radical (unpaired) electrons. The smallest absolute Gasteiger partial charge is 0.266 e. The normalized spacial score (nSPS) is 13.2. The number of benzene rings is 2. The number of hydrogen-bond acceptors (Lipinski definition) is 5. The summed E-state index contributed by atoms with van der Waals surface area (Å²) in [5, 5.41) is 0.696. The van der Waals surface area contributed by atoms with Crippen molar-refractivity contribution in [3.8, 4) is 11.3 Å². The van der Waals surface area contributed by atoms with Crippen molar-refractivity contribution in [2.75, 3.05) is 11.2 Å². The summed E-state index contributed by atoms with van der Waals surface area (Å²) in [6, 6.07) is 15.9. The van der Waals surface area contributed by atoms with E-state index in [1.54, 1.807) is 42.6 Å². The Kier molecular flexibility index (Phi) is 3.82. The summed E-state index contributed by atoms with van der Waals surface area (Å²) in [6.07, 6.45) is 3.64. The molecule has 1 aromatic heterocycles. The van der Waals surface area contributed by atoms with Crippen LogP contribution in [0.5, 0.6) is 0 Å². The molecule has 0 saturated heterocycles. The molecule has 0 N–H and O–H groups in total. The number of carbonyl (C=O) groups excluding carboxylic acids is 2. The van der Waals surface area contributed by atoms with Gasteiger partial charge in [0.15, 0.2) is 5.16 Å². The van der Waals surface area contributed by atoms with Crippen LogP contribution in [0, 0.1) is 0 Å². The second-order valence-electron chi connectivity index (χ2n) is 5.47. The molecule has 0 aliphatic carbocycles. The first-order valence-electron chi connectivity index (χ1n) is 7.64. The maximum Gasteiger partial charge on any atom is 0.266 e. The van der Waals surface area contributed by atoms with E-state index in [1.807, 2.05) is 24.5 Å². The highest BCUT2D eigenvalue weighted by molar-refractivity contribution is 7.98. The van der Waals surface area contributed by atoms with Crippen LogP contribution in [0.15, 0.2) is 66.0 Å². The van der Waals surface area contributed by atoms with Crippen molar-refractivity contribution in [3.05, 3.63) is 71.9 Å². The van der Waals surface area contributed by atoms with Gasteiger partial charge < -0.3 is 0 Å². The lowest BCUT2D eigenvalue weighted by Gasteiger charge is -2.14. The Morgan fingerprint density at radius 2 is 1.52 bits per heavy atom. The van der Waals surface area contributed by atoms with Crippen LogP contribution < -0.4 is 4.90 Å². The first-order valence-corrected chi connectivity index (χ1v) is 8.87. The van der Waals surface area contributed by atoms with Crippen LogP contribution in [0.3, 0.4) is 0 Å². The van der Waals surface area contributed by atoms with Crippen LogP contribution in [0.1, 0.15) is 20.7 Å². The van der Waals surface area contributed by atoms with Gasteiger partial charge in [-0.3, -0.25) is 9.59 Å². The van der Waals surface area contributed by atoms with Crippen LogP contribution in [-0.4, -0.2) is 28.0 Å². The molecule has 0 saturated carbocycles. The van der Waals surface area contributed by atoms with Gasteiger partial charge in [-0.15, -0.1) is 0 Å². The first kappa shape index (κ1) is 15.5. The van der Waals surface area contributed by atoms with Gasteiger partial charge in [-0.25, -0.2) is 14.9 Å². The Hall–Kier alpha value is -2.99. The predicted octanol–water partition coefficient (Wildman–Crippen LogP) is 3.67. The summed E-state index contributed by atoms with van der Waals surface area (Å²) < 4.78 is 0. The lowest BCUT2D eigenvalue weighted by molar-refractivity contribution is 0.0926. The van der Waals surface area contributed by atoms with Crippen LogP contribution in [-0.2, 0) is 0 Å². The molecule has 0 fully saturated rings. The number of imide groups is 1. The molecule has 4 rings (SSSR count).